The Bertz CT molecular complexity index is 2600. The van der Waals surface area contributed by atoms with E-state index in [-0.39, 0.29) is 23.6 Å². The van der Waals surface area contributed by atoms with E-state index in [0.29, 0.717) is 30.0 Å². The molecule has 0 unspecified atom stereocenters. The second-order valence-electron chi connectivity index (χ2n) is 16.2. The summed E-state index contributed by atoms with van der Waals surface area (Å²) in [7, 11) is -4.59. The summed E-state index contributed by atoms with van der Waals surface area (Å²) in [6.07, 6.45) is 10.0. The number of pyridine rings is 1. The van der Waals surface area contributed by atoms with Crippen LogP contribution >= 0.6 is 11.6 Å². The molecule has 1 atom stereocenters. The van der Waals surface area contributed by atoms with Crippen LogP contribution in [0.4, 0.5) is 17.1 Å². The lowest BCUT2D eigenvalue weighted by atomic mass is 9.59. The summed E-state index contributed by atoms with van der Waals surface area (Å²) < 4.78 is 46.6. The number of benzene rings is 3. The van der Waals surface area contributed by atoms with Gasteiger partial charge in [0.05, 0.1) is 41.4 Å². The molecule has 1 spiro atoms. The first-order valence-corrected chi connectivity index (χ1v) is 22.4. The van der Waals surface area contributed by atoms with Crippen LogP contribution in [0.1, 0.15) is 54.4 Å². The molecule has 1 amide bonds. The Balaban J connectivity index is 0.935. The van der Waals surface area contributed by atoms with E-state index in [1.807, 2.05) is 18.2 Å². The quantitative estimate of drug-likeness (QED) is 0.0821. The van der Waals surface area contributed by atoms with Crippen LogP contribution in [0.15, 0.2) is 95.7 Å². The minimum Gasteiger partial charge on any atom is -0.455 e. The van der Waals surface area contributed by atoms with Crippen molar-refractivity contribution in [1.29, 1.82) is 0 Å². The zero-order chi connectivity index (χ0) is 42.1. The lowest BCUT2D eigenvalue weighted by Crippen LogP contribution is -2.47. The number of aromatic nitrogens is 2. The number of nitrogens with zero attached hydrogens (tertiary/aromatic N) is 4. The van der Waals surface area contributed by atoms with E-state index >= 15 is 0 Å². The van der Waals surface area contributed by atoms with Gasteiger partial charge in [0.1, 0.15) is 22.8 Å². The summed E-state index contributed by atoms with van der Waals surface area (Å²) in [5.41, 5.74) is 5.64. The molecule has 318 valence electrons. The topological polar surface area (TPSA) is 181 Å². The van der Waals surface area contributed by atoms with Gasteiger partial charge < -0.3 is 29.4 Å². The highest BCUT2D eigenvalue weighted by molar-refractivity contribution is 7.90. The highest BCUT2D eigenvalue weighted by Crippen LogP contribution is 2.55. The van der Waals surface area contributed by atoms with Crippen LogP contribution in [-0.2, 0) is 19.5 Å². The summed E-state index contributed by atoms with van der Waals surface area (Å²) in [6, 6.07) is 20.3. The van der Waals surface area contributed by atoms with Crippen LogP contribution in [-0.4, -0.2) is 92.9 Å². The van der Waals surface area contributed by atoms with Crippen molar-refractivity contribution < 1.29 is 32.3 Å². The van der Waals surface area contributed by atoms with Gasteiger partial charge in [-0.25, -0.2) is 18.1 Å². The Hall–Kier alpha value is -5.52. The van der Waals surface area contributed by atoms with Crippen LogP contribution in [0.2, 0.25) is 5.02 Å². The van der Waals surface area contributed by atoms with E-state index in [2.05, 4.69) is 41.9 Å². The summed E-state index contributed by atoms with van der Waals surface area (Å²) in [5.74, 6) is -0.506. The minimum absolute atomic E-state index is 0.0431. The van der Waals surface area contributed by atoms with Crippen molar-refractivity contribution in [1.82, 2.24) is 19.6 Å². The van der Waals surface area contributed by atoms with Gasteiger partial charge in [-0.15, -0.1) is 0 Å². The number of hydrogen-bond acceptors (Lipinski definition) is 12. The van der Waals surface area contributed by atoms with Crippen molar-refractivity contribution in [2.45, 2.75) is 49.6 Å². The molecule has 2 saturated heterocycles. The molecule has 3 fully saturated rings. The zero-order valence-electron chi connectivity index (χ0n) is 33.4. The molecule has 0 radical (unpaired) electrons. The first-order valence-electron chi connectivity index (χ1n) is 20.5. The molecule has 4 aliphatic rings. The number of allylic oxidation sites excluding steroid dienone is 1. The number of carbonyl (C=O) groups excluding carboxylic acids is 1. The number of nitrogens with one attached hydrogen (secondary N) is 3. The maximum Gasteiger partial charge on any atom is 0.293 e. The van der Waals surface area contributed by atoms with Gasteiger partial charge in [-0.3, -0.25) is 19.8 Å². The van der Waals surface area contributed by atoms with E-state index in [0.717, 1.165) is 67.7 Å². The third kappa shape index (κ3) is 8.95. The van der Waals surface area contributed by atoms with E-state index in [1.165, 1.54) is 66.8 Å². The molecule has 4 heterocycles. The second kappa shape index (κ2) is 17.1. The number of ether oxygens (including phenoxy) is 3. The normalized spacial score (nSPS) is 19.4. The Labute approximate surface area is 358 Å². The van der Waals surface area contributed by atoms with Crippen molar-refractivity contribution in [3.63, 3.8) is 0 Å². The number of nitro benzene ring substituents is 1. The zero-order valence-corrected chi connectivity index (χ0v) is 35.0. The second-order valence-corrected chi connectivity index (χ2v) is 18.3. The van der Waals surface area contributed by atoms with Gasteiger partial charge in [-0.1, -0.05) is 35.7 Å². The fourth-order valence-corrected chi connectivity index (χ4v) is 9.95. The van der Waals surface area contributed by atoms with Crippen LogP contribution in [0.25, 0.3) is 16.6 Å². The van der Waals surface area contributed by atoms with Crippen molar-refractivity contribution in [3.8, 4) is 11.5 Å². The van der Waals surface area contributed by atoms with Gasteiger partial charge in [-0.2, -0.15) is 0 Å². The number of piperazine rings is 1. The number of halogens is 1. The highest BCUT2D eigenvalue weighted by Gasteiger charge is 2.41. The van der Waals surface area contributed by atoms with E-state index in [1.54, 1.807) is 24.4 Å². The van der Waals surface area contributed by atoms with Crippen molar-refractivity contribution in [2.24, 2.45) is 5.41 Å². The number of rotatable bonds is 12. The number of sulfonamides is 1. The SMILES string of the molecule is O=C(NS(=O)(=O)c1ccc(N[C@H]2COCCO2)c([N+](=O)[O-])c1)c1ccc(N2CCN(CC3=C(c4ccc(Cl)cc4)CC4(CCC4)CC3)CC2)cc1Oc1cnc2[nH]ccc2c1. The molecular weight excluding hydrogens is 822 g/mol. The predicted octanol–water partition coefficient (Wildman–Crippen LogP) is 7.75. The number of H-pyrrole nitrogens is 1. The van der Waals surface area contributed by atoms with Crippen molar-refractivity contribution in [2.75, 3.05) is 62.8 Å². The van der Waals surface area contributed by atoms with E-state index < -0.39 is 37.7 Å². The average molecular weight is 868 g/mol. The molecule has 2 aromatic heterocycles. The highest BCUT2D eigenvalue weighted by atomic mass is 35.5. The van der Waals surface area contributed by atoms with E-state index in [9.17, 15) is 23.3 Å². The first kappa shape index (κ1) is 40.9. The smallest absolute Gasteiger partial charge is 0.293 e. The van der Waals surface area contributed by atoms with Crippen LogP contribution < -0.4 is 19.7 Å². The van der Waals surface area contributed by atoms with Crippen LogP contribution in [0.5, 0.6) is 11.5 Å². The first-order chi connectivity index (χ1) is 29.5. The standard InChI is InChI=1S/C44H46ClN7O8S/c45-32-4-2-29(3-5-32)37-25-44(12-1-13-44)14-10-31(37)27-50-16-18-51(19-17-50)33-6-8-36(40(23-33)60-34-22-30-11-15-46-42(30)47-26-34)43(53)49-61(56,57)35-7-9-38(39(24-35)52(54)55)48-41-28-58-20-21-59-41/h2-9,11,15,22-24,26,41,48H,1,10,12-14,16-21,25,27-28H2,(H,46,47)(H,49,53)/t41-/m1/s1. The molecule has 15 nitrogen and oxygen atoms in total. The van der Waals surface area contributed by atoms with Crippen molar-refractivity contribution in [3.05, 3.63) is 117 Å². The molecule has 61 heavy (non-hydrogen) atoms. The Morgan fingerprint density at radius 3 is 2.57 bits per heavy atom. The summed E-state index contributed by atoms with van der Waals surface area (Å²) in [4.78, 5) is 36.9. The molecule has 3 N–H and O–H groups in total. The molecule has 0 bridgehead atoms. The number of fused-ring (bicyclic) bond motifs is 1. The van der Waals surface area contributed by atoms with Crippen LogP contribution in [0.3, 0.4) is 0 Å². The number of aromatic amines is 1. The lowest BCUT2D eigenvalue weighted by molar-refractivity contribution is -0.384. The van der Waals surface area contributed by atoms with E-state index in [4.69, 9.17) is 25.8 Å². The lowest BCUT2D eigenvalue weighted by Gasteiger charge is -2.47. The van der Waals surface area contributed by atoms with Gasteiger partial charge in [0.25, 0.3) is 21.6 Å². The summed E-state index contributed by atoms with van der Waals surface area (Å²) >= 11 is 6.27. The molecule has 3 aromatic carbocycles. The molecule has 9 rings (SSSR count). The number of anilines is 2. The number of carbonyl (C=O) groups is 1. The summed E-state index contributed by atoms with van der Waals surface area (Å²) in [6.45, 7) is 4.88. The Morgan fingerprint density at radius 2 is 1.84 bits per heavy atom. The van der Waals surface area contributed by atoms with Gasteiger partial charge in [0.15, 0.2) is 6.23 Å². The molecule has 2 aliphatic carbocycles. The molecule has 5 aromatic rings. The Morgan fingerprint density at radius 1 is 1.02 bits per heavy atom. The molecular formula is C44H46ClN7O8S. The molecule has 2 aliphatic heterocycles. The minimum atomic E-state index is -4.59. The van der Waals surface area contributed by atoms with Gasteiger partial charge in [0.2, 0.25) is 0 Å². The monoisotopic (exact) mass is 867 g/mol. The Kier molecular flexibility index (Phi) is 11.4. The predicted molar refractivity (Wildman–Crippen MR) is 232 cm³/mol. The number of amides is 1. The van der Waals surface area contributed by atoms with Gasteiger partial charge >= 0.3 is 0 Å². The number of hydrogen-bond donors (Lipinski definition) is 3. The maximum absolute atomic E-state index is 13.9. The molecule has 1 saturated carbocycles. The fourth-order valence-electron chi connectivity index (χ4n) is 8.84. The third-order valence-electron chi connectivity index (χ3n) is 12.3. The number of nitro groups is 1. The van der Waals surface area contributed by atoms with Gasteiger partial charge in [0, 0.05) is 67.1 Å². The van der Waals surface area contributed by atoms with Crippen LogP contribution in [0, 0.1) is 15.5 Å². The third-order valence-corrected chi connectivity index (χ3v) is 13.9. The molecule has 17 heteroatoms. The van der Waals surface area contributed by atoms with Gasteiger partial charge in [-0.05, 0) is 97.2 Å². The largest absolute Gasteiger partial charge is 0.455 e. The summed E-state index contributed by atoms with van der Waals surface area (Å²) in [5, 5.41) is 16.4. The fraction of sp³-hybridized carbons (Fsp3) is 0.364. The van der Waals surface area contributed by atoms with Crippen molar-refractivity contribution >= 4 is 61.2 Å². The average Bonchev–Trinajstić information content (AvgIpc) is 3.72. The maximum atomic E-state index is 13.9.